The van der Waals surface area contributed by atoms with Crippen LogP contribution in [0.5, 0.6) is 5.75 Å². The van der Waals surface area contributed by atoms with Gasteiger partial charge in [-0.05, 0) is 24.6 Å². The van der Waals surface area contributed by atoms with Crippen LogP contribution < -0.4 is 10.5 Å². The Labute approximate surface area is 163 Å². The molecular formula is C22H20N2O4. The van der Waals surface area contributed by atoms with Crippen molar-refractivity contribution in [2.75, 3.05) is 13.7 Å². The van der Waals surface area contributed by atoms with E-state index in [-0.39, 0.29) is 29.4 Å². The molecule has 0 saturated carbocycles. The van der Waals surface area contributed by atoms with Crippen LogP contribution in [0.2, 0.25) is 0 Å². The smallest absolute Gasteiger partial charge is 0.338 e. The van der Waals surface area contributed by atoms with Gasteiger partial charge in [-0.3, -0.25) is 0 Å². The third-order valence-electron chi connectivity index (χ3n) is 4.38. The van der Waals surface area contributed by atoms with Crippen molar-refractivity contribution in [3.63, 3.8) is 0 Å². The van der Waals surface area contributed by atoms with Gasteiger partial charge in [-0.1, -0.05) is 42.5 Å². The predicted octanol–water partition coefficient (Wildman–Crippen LogP) is 3.48. The van der Waals surface area contributed by atoms with Gasteiger partial charge in [-0.2, -0.15) is 5.26 Å². The van der Waals surface area contributed by atoms with Crippen LogP contribution in [0.25, 0.3) is 5.76 Å². The quantitative estimate of drug-likeness (QED) is 0.803. The van der Waals surface area contributed by atoms with E-state index < -0.39 is 11.9 Å². The third-order valence-corrected chi connectivity index (χ3v) is 4.38. The van der Waals surface area contributed by atoms with Gasteiger partial charge in [-0.15, -0.1) is 0 Å². The molecule has 6 heteroatoms. The first-order valence-corrected chi connectivity index (χ1v) is 8.79. The molecule has 0 fully saturated rings. The van der Waals surface area contributed by atoms with Crippen molar-refractivity contribution in [3.8, 4) is 11.8 Å². The van der Waals surface area contributed by atoms with E-state index >= 15 is 0 Å². The number of benzene rings is 2. The molecule has 0 amide bonds. The van der Waals surface area contributed by atoms with Crippen molar-refractivity contribution in [3.05, 3.63) is 82.8 Å². The number of carbonyl (C=O) groups excluding carboxylic acids is 1. The zero-order valence-electron chi connectivity index (χ0n) is 15.6. The number of nitriles is 1. The second-order valence-electron chi connectivity index (χ2n) is 6.03. The Bertz CT molecular complexity index is 987. The number of nitrogens with zero attached hydrogens (tertiary/aromatic N) is 1. The van der Waals surface area contributed by atoms with Gasteiger partial charge in [0, 0.05) is 5.56 Å². The maximum Gasteiger partial charge on any atom is 0.338 e. The van der Waals surface area contributed by atoms with Gasteiger partial charge in [0.05, 0.1) is 25.2 Å². The van der Waals surface area contributed by atoms with Gasteiger partial charge < -0.3 is 19.9 Å². The summed E-state index contributed by atoms with van der Waals surface area (Å²) in [5, 5.41) is 9.73. The molecule has 0 bridgehead atoms. The van der Waals surface area contributed by atoms with Crippen LogP contribution in [0.4, 0.5) is 0 Å². The fraction of sp³-hybridized carbons (Fsp3) is 0.182. The van der Waals surface area contributed by atoms with E-state index in [0.29, 0.717) is 16.9 Å². The molecule has 142 valence electrons. The van der Waals surface area contributed by atoms with E-state index in [1.807, 2.05) is 36.4 Å². The average Bonchev–Trinajstić information content (AvgIpc) is 2.73. The van der Waals surface area contributed by atoms with Crippen LogP contribution >= 0.6 is 0 Å². The number of esters is 1. The molecule has 0 aromatic heterocycles. The maximum absolute atomic E-state index is 12.9. The summed E-state index contributed by atoms with van der Waals surface area (Å²) in [7, 11) is 1.55. The summed E-state index contributed by atoms with van der Waals surface area (Å²) in [5.74, 6) is -0.451. The molecule has 0 saturated heterocycles. The number of hydrogen-bond acceptors (Lipinski definition) is 6. The van der Waals surface area contributed by atoms with Crippen LogP contribution in [-0.4, -0.2) is 19.7 Å². The molecule has 1 aliphatic rings. The lowest BCUT2D eigenvalue weighted by Crippen LogP contribution is -2.25. The van der Waals surface area contributed by atoms with Crippen molar-refractivity contribution < 1.29 is 19.0 Å². The molecule has 1 aliphatic heterocycles. The monoisotopic (exact) mass is 376 g/mol. The summed E-state index contributed by atoms with van der Waals surface area (Å²) in [4.78, 5) is 12.9. The number of carbonyl (C=O) groups is 1. The molecule has 0 aliphatic carbocycles. The highest BCUT2D eigenvalue weighted by atomic mass is 16.5. The first kappa shape index (κ1) is 19.1. The Kier molecular flexibility index (Phi) is 5.66. The molecule has 6 nitrogen and oxygen atoms in total. The Balaban J connectivity index is 2.28. The summed E-state index contributed by atoms with van der Waals surface area (Å²) in [6.07, 6.45) is 0. The fourth-order valence-corrected chi connectivity index (χ4v) is 3.14. The van der Waals surface area contributed by atoms with Crippen LogP contribution in [0.1, 0.15) is 24.0 Å². The molecule has 0 unspecified atom stereocenters. The number of hydrogen-bond donors (Lipinski definition) is 1. The van der Waals surface area contributed by atoms with E-state index in [2.05, 4.69) is 6.07 Å². The van der Waals surface area contributed by atoms with Gasteiger partial charge in [0.2, 0.25) is 5.88 Å². The maximum atomic E-state index is 12.9. The van der Waals surface area contributed by atoms with Gasteiger partial charge in [0.15, 0.2) is 0 Å². The SMILES string of the molecule is CCOC(=O)C1=C(c2ccccc2)OC(N)=C(C#N)[C@H]1c1cccc(OC)c1. The van der Waals surface area contributed by atoms with E-state index in [0.717, 1.165) is 0 Å². The zero-order chi connectivity index (χ0) is 20.1. The highest BCUT2D eigenvalue weighted by Gasteiger charge is 2.38. The number of ether oxygens (including phenoxy) is 3. The Morgan fingerprint density at radius 1 is 1.21 bits per heavy atom. The largest absolute Gasteiger partial charge is 0.497 e. The number of methoxy groups -OCH3 is 1. The van der Waals surface area contributed by atoms with Crippen molar-refractivity contribution in [1.82, 2.24) is 0 Å². The molecule has 3 rings (SSSR count). The highest BCUT2D eigenvalue weighted by Crippen LogP contribution is 2.43. The van der Waals surface area contributed by atoms with E-state index in [1.165, 1.54) is 0 Å². The van der Waals surface area contributed by atoms with E-state index in [4.69, 9.17) is 19.9 Å². The molecule has 28 heavy (non-hydrogen) atoms. The molecular weight excluding hydrogens is 356 g/mol. The van der Waals surface area contributed by atoms with Crippen LogP contribution in [-0.2, 0) is 14.3 Å². The molecule has 1 heterocycles. The highest BCUT2D eigenvalue weighted by molar-refractivity contribution is 5.99. The summed E-state index contributed by atoms with van der Waals surface area (Å²) in [6.45, 7) is 1.91. The summed E-state index contributed by atoms with van der Waals surface area (Å²) < 4.78 is 16.3. The Morgan fingerprint density at radius 2 is 1.96 bits per heavy atom. The van der Waals surface area contributed by atoms with Crippen molar-refractivity contribution >= 4 is 11.7 Å². The minimum Gasteiger partial charge on any atom is -0.497 e. The normalized spacial score (nSPS) is 16.2. The van der Waals surface area contributed by atoms with Crippen molar-refractivity contribution in [2.45, 2.75) is 12.8 Å². The molecule has 1 atom stereocenters. The lowest BCUT2D eigenvalue weighted by Gasteiger charge is -2.28. The van der Waals surface area contributed by atoms with Crippen LogP contribution in [0.15, 0.2) is 71.6 Å². The average molecular weight is 376 g/mol. The lowest BCUT2D eigenvalue weighted by molar-refractivity contribution is -0.138. The van der Waals surface area contributed by atoms with Gasteiger partial charge in [0.25, 0.3) is 0 Å². The summed E-state index contributed by atoms with van der Waals surface area (Å²) in [5.41, 5.74) is 7.79. The fourth-order valence-electron chi connectivity index (χ4n) is 3.14. The predicted molar refractivity (Wildman–Crippen MR) is 104 cm³/mol. The van der Waals surface area contributed by atoms with Crippen molar-refractivity contribution in [1.29, 1.82) is 5.26 Å². The van der Waals surface area contributed by atoms with Crippen LogP contribution in [0, 0.1) is 11.3 Å². The standard InChI is InChI=1S/C22H20N2O4/c1-3-27-22(25)19-18(15-10-7-11-16(12-15)26-2)17(13-23)21(24)28-20(19)14-8-5-4-6-9-14/h4-12,18H,3,24H2,1-2H3/t18-/m1/s1. The molecule has 2 aromatic carbocycles. The second kappa shape index (κ2) is 8.31. The number of rotatable bonds is 5. The summed E-state index contributed by atoms with van der Waals surface area (Å²) >= 11 is 0. The van der Waals surface area contributed by atoms with E-state index in [9.17, 15) is 10.1 Å². The number of allylic oxidation sites excluding steroid dienone is 1. The second-order valence-corrected chi connectivity index (χ2v) is 6.03. The van der Waals surface area contributed by atoms with Gasteiger partial charge >= 0.3 is 5.97 Å². The Morgan fingerprint density at radius 3 is 2.61 bits per heavy atom. The van der Waals surface area contributed by atoms with Crippen molar-refractivity contribution in [2.24, 2.45) is 5.73 Å². The lowest BCUT2D eigenvalue weighted by atomic mass is 9.82. The molecule has 2 aromatic rings. The number of nitrogens with two attached hydrogens (primary N) is 1. The van der Waals surface area contributed by atoms with Crippen LogP contribution in [0.3, 0.4) is 0 Å². The van der Waals surface area contributed by atoms with Gasteiger partial charge in [-0.25, -0.2) is 4.79 Å². The third kappa shape index (κ3) is 3.55. The molecule has 2 N–H and O–H groups in total. The van der Waals surface area contributed by atoms with Gasteiger partial charge in [0.1, 0.15) is 23.2 Å². The summed E-state index contributed by atoms with van der Waals surface area (Å²) in [6, 6.07) is 18.4. The van der Waals surface area contributed by atoms with E-state index in [1.54, 1.807) is 32.2 Å². The first-order valence-electron chi connectivity index (χ1n) is 8.79. The Hall–Kier alpha value is -3.72. The minimum atomic E-state index is -0.733. The molecule has 0 radical (unpaired) electrons. The zero-order valence-corrected chi connectivity index (χ0v) is 15.6. The topological polar surface area (TPSA) is 94.6 Å². The minimum absolute atomic E-state index is 0.0396. The molecule has 0 spiro atoms. The first-order chi connectivity index (χ1) is 13.6.